The van der Waals surface area contributed by atoms with Crippen molar-refractivity contribution in [3.63, 3.8) is 0 Å². The molecule has 0 aromatic carbocycles. The van der Waals surface area contributed by atoms with Crippen LogP contribution in [-0.4, -0.2) is 52.9 Å². The summed E-state index contributed by atoms with van der Waals surface area (Å²) >= 11 is 1.99. The van der Waals surface area contributed by atoms with E-state index in [1.807, 2.05) is 25.6 Å². The van der Waals surface area contributed by atoms with E-state index < -0.39 is 7.12 Å². The Kier molecular flexibility index (Phi) is 4.40. The van der Waals surface area contributed by atoms with E-state index in [9.17, 15) is 0 Å². The summed E-state index contributed by atoms with van der Waals surface area (Å²) < 4.78 is 12.4. The first-order valence-electron chi connectivity index (χ1n) is 8.25. The predicted molar refractivity (Wildman–Crippen MR) is 96.8 cm³/mol. The van der Waals surface area contributed by atoms with Gasteiger partial charge in [-0.3, -0.25) is 0 Å². The summed E-state index contributed by atoms with van der Waals surface area (Å²) in [5.41, 5.74) is 2.17. The monoisotopic (exact) mass is 335 g/mol. The van der Waals surface area contributed by atoms with Crippen LogP contribution in [-0.2, 0) is 9.31 Å². The zero-order valence-corrected chi connectivity index (χ0v) is 15.8. The van der Waals surface area contributed by atoms with Gasteiger partial charge in [0, 0.05) is 41.4 Å². The van der Waals surface area contributed by atoms with Gasteiger partial charge in [-0.2, -0.15) is 11.8 Å². The molecule has 0 amide bonds. The fourth-order valence-corrected chi connectivity index (χ4v) is 3.82. The highest BCUT2D eigenvalue weighted by atomic mass is 32.2. The molecule has 0 spiro atoms. The SMILES string of the molecule is Cc1nc(N2CCSCC2)nc(C)c1B1OC(C)(C)C(C)(C)O1. The highest BCUT2D eigenvalue weighted by Crippen LogP contribution is 2.36. The minimum Gasteiger partial charge on any atom is -0.399 e. The first kappa shape index (κ1) is 17.1. The molecule has 7 heteroatoms. The molecule has 3 rings (SSSR count). The number of rotatable bonds is 2. The van der Waals surface area contributed by atoms with Crippen LogP contribution in [0.4, 0.5) is 5.95 Å². The Labute approximate surface area is 143 Å². The summed E-state index contributed by atoms with van der Waals surface area (Å²) in [6, 6.07) is 0. The lowest BCUT2D eigenvalue weighted by Crippen LogP contribution is -2.41. The molecule has 0 saturated carbocycles. The molecule has 0 radical (unpaired) electrons. The molecule has 0 aliphatic carbocycles. The summed E-state index contributed by atoms with van der Waals surface area (Å²) in [4.78, 5) is 11.8. The van der Waals surface area contributed by atoms with Crippen molar-refractivity contribution in [2.75, 3.05) is 29.5 Å². The standard InChI is InChI=1S/C16H26BN3O2S/c1-11-13(17-21-15(3,4)16(5,6)22-17)12(2)19-14(18-11)20-7-9-23-10-8-20/h7-10H2,1-6H3. The van der Waals surface area contributed by atoms with Gasteiger partial charge in [0.2, 0.25) is 5.95 Å². The molecular formula is C16H26BN3O2S. The number of nitrogens with zero attached hydrogens (tertiary/aromatic N) is 3. The molecule has 5 nitrogen and oxygen atoms in total. The summed E-state index contributed by atoms with van der Waals surface area (Å²) in [6.45, 7) is 14.3. The minimum atomic E-state index is -0.397. The van der Waals surface area contributed by atoms with E-state index in [4.69, 9.17) is 19.3 Å². The van der Waals surface area contributed by atoms with Crippen molar-refractivity contribution in [1.29, 1.82) is 0 Å². The second kappa shape index (κ2) is 5.94. The summed E-state index contributed by atoms with van der Waals surface area (Å²) in [7, 11) is -0.397. The van der Waals surface area contributed by atoms with E-state index in [-0.39, 0.29) is 11.2 Å². The maximum absolute atomic E-state index is 6.18. The van der Waals surface area contributed by atoms with Gasteiger partial charge in [-0.25, -0.2) is 9.97 Å². The van der Waals surface area contributed by atoms with Gasteiger partial charge in [0.25, 0.3) is 0 Å². The van der Waals surface area contributed by atoms with Gasteiger partial charge in [-0.05, 0) is 41.5 Å². The number of aryl methyl sites for hydroxylation is 2. The molecule has 0 bridgehead atoms. The van der Waals surface area contributed by atoms with E-state index in [1.54, 1.807) is 0 Å². The number of anilines is 1. The number of thioether (sulfide) groups is 1. The molecule has 23 heavy (non-hydrogen) atoms. The van der Waals surface area contributed by atoms with Crippen LogP contribution in [0.1, 0.15) is 39.1 Å². The zero-order valence-electron chi connectivity index (χ0n) is 15.0. The molecular weight excluding hydrogens is 309 g/mol. The van der Waals surface area contributed by atoms with Crippen LogP contribution in [0.15, 0.2) is 0 Å². The summed E-state index contributed by atoms with van der Waals surface area (Å²) in [5, 5.41) is 0. The first-order valence-corrected chi connectivity index (χ1v) is 9.40. The molecule has 2 aliphatic heterocycles. The molecule has 0 atom stereocenters. The number of hydrogen-bond acceptors (Lipinski definition) is 6. The maximum Gasteiger partial charge on any atom is 0.498 e. The summed E-state index contributed by atoms with van der Waals surface area (Å²) in [6.07, 6.45) is 0. The van der Waals surface area contributed by atoms with Crippen molar-refractivity contribution in [1.82, 2.24) is 9.97 Å². The minimum absolute atomic E-state index is 0.348. The van der Waals surface area contributed by atoms with Crippen molar-refractivity contribution in [2.24, 2.45) is 0 Å². The van der Waals surface area contributed by atoms with Crippen molar-refractivity contribution in [3.8, 4) is 0 Å². The van der Waals surface area contributed by atoms with E-state index in [2.05, 4.69) is 32.6 Å². The molecule has 3 heterocycles. The van der Waals surface area contributed by atoms with E-state index >= 15 is 0 Å². The topological polar surface area (TPSA) is 47.5 Å². The lowest BCUT2D eigenvalue weighted by Gasteiger charge is -2.32. The quantitative estimate of drug-likeness (QED) is 0.770. The fraction of sp³-hybridized carbons (Fsp3) is 0.750. The molecule has 2 aliphatic rings. The average molecular weight is 335 g/mol. The third-order valence-electron chi connectivity index (χ3n) is 5.10. The second-order valence-corrected chi connectivity index (χ2v) is 8.52. The van der Waals surface area contributed by atoms with Crippen LogP contribution < -0.4 is 10.4 Å². The van der Waals surface area contributed by atoms with Crippen LogP contribution in [0.2, 0.25) is 0 Å². The number of hydrogen-bond donors (Lipinski definition) is 0. The van der Waals surface area contributed by atoms with Gasteiger partial charge < -0.3 is 14.2 Å². The van der Waals surface area contributed by atoms with Crippen LogP contribution in [0, 0.1) is 13.8 Å². The van der Waals surface area contributed by atoms with Crippen LogP contribution >= 0.6 is 11.8 Å². The van der Waals surface area contributed by atoms with Gasteiger partial charge in [0.15, 0.2) is 0 Å². The van der Waals surface area contributed by atoms with E-state index in [0.29, 0.717) is 0 Å². The van der Waals surface area contributed by atoms with Crippen LogP contribution in [0.25, 0.3) is 0 Å². The summed E-state index contributed by atoms with van der Waals surface area (Å²) in [5.74, 6) is 3.11. The van der Waals surface area contributed by atoms with Gasteiger partial charge in [0.05, 0.1) is 11.2 Å². The molecule has 1 aromatic heterocycles. The van der Waals surface area contributed by atoms with E-state index in [0.717, 1.165) is 47.4 Å². The second-order valence-electron chi connectivity index (χ2n) is 7.30. The lowest BCUT2D eigenvalue weighted by atomic mass is 9.76. The van der Waals surface area contributed by atoms with Gasteiger partial charge in [0.1, 0.15) is 0 Å². The van der Waals surface area contributed by atoms with Gasteiger partial charge >= 0.3 is 7.12 Å². The predicted octanol–water partition coefficient (Wildman–Crippen LogP) is 1.95. The normalized spacial score (nSPS) is 23.4. The Morgan fingerprint density at radius 3 is 1.91 bits per heavy atom. The largest absolute Gasteiger partial charge is 0.498 e. The molecule has 2 fully saturated rings. The Balaban J connectivity index is 1.90. The highest BCUT2D eigenvalue weighted by Gasteiger charge is 2.52. The molecule has 1 aromatic rings. The number of aromatic nitrogens is 2. The Hall–Kier alpha value is -0.785. The van der Waals surface area contributed by atoms with Crippen molar-refractivity contribution >= 4 is 30.3 Å². The Morgan fingerprint density at radius 1 is 0.957 bits per heavy atom. The fourth-order valence-electron chi connectivity index (χ4n) is 2.91. The zero-order chi connectivity index (χ0) is 16.8. The Bertz CT molecular complexity index is 564. The average Bonchev–Trinajstić information content (AvgIpc) is 2.67. The maximum atomic E-state index is 6.18. The molecule has 126 valence electrons. The van der Waals surface area contributed by atoms with Crippen molar-refractivity contribution in [3.05, 3.63) is 11.4 Å². The molecule has 0 unspecified atom stereocenters. The van der Waals surface area contributed by atoms with Crippen molar-refractivity contribution < 1.29 is 9.31 Å². The molecule has 2 saturated heterocycles. The third-order valence-corrected chi connectivity index (χ3v) is 6.04. The van der Waals surface area contributed by atoms with Crippen molar-refractivity contribution in [2.45, 2.75) is 52.7 Å². The van der Waals surface area contributed by atoms with Gasteiger partial charge in [-0.1, -0.05) is 0 Å². The smallest absolute Gasteiger partial charge is 0.399 e. The molecule has 0 N–H and O–H groups in total. The highest BCUT2D eigenvalue weighted by molar-refractivity contribution is 7.99. The lowest BCUT2D eigenvalue weighted by molar-refractivity contribution is 0.00578. The van der Waals surface area contributed by atoms with Crippen LogP contribution in [0.3, 0.4) is 0 Å². The van der Waals surface area contributed by atoms with E-state index in [1.165, 1.54) is 0 Å². The third kappa shape index (κ3) is 3.11. The first-order chi connectivity index (χ1) is 10.7. The van der Waals surface area contributed by atoms with Gasteiger partial charge in [-0.15, -0.1) is 0 Å². The Morgan fingerprint density at radius 2 is 1.43 bits per heavy atom. The van der Waals surface area contributed by atoms with Crippen LogP contribution in [0.5, 0.6) is 0 Å².